The lowest BCUT2D eigenvalue weighted by molar-refractivity contribution is -0.122. The highest BCUT2D eigenvalue weighted by Crippen LogP contribution is 2.40. The van der Waals surface area contributed by atoms with Gasteiger partial charge in [-0.25, -0.2) is 4.39 Å². The summed E-state index contributed by atoms with van der Waals surface area (Å²) < 4.78 is 13.2. The molecule has 1 N–H and O–H groups in total. The van der Waals surface area contributed by atoms with Gasteiger partial charge in [-0.2, -0.15) is 0 Å². The van der Waals surface area contributed by atoms with Gasteiger partial charge in [0.05, 0.1) is 11.8 Å². The number of likely N-dealkylation sites (N-methyl/N-ethyl adjacent to an activating group) is 1. The molecule has 130 valence electrons. The molecule has 0 saturated heterocycles. The monoisotopic (exact) mass is 340 g/mol. The van der Waals surface area contributed by atoms with Crippen LogP contribution in [0.4, 0.5) is 10.1 Å². The molecule has 0 aliphatic carbocycles. The van der Waals surface area contributed by atoms with Crippen LogP contribution in [0.25, 0.3) is 0 Å². The second kappa shape index (κ2) is 6.31. The SMILES string of the molecule is CN1C(=O)C(C)(C)c2cc(CNC(=O)Cc3cccc(F)c3)ccc21. The lowest BCUT2D eigenvalue weighted by Crippen LogP contribution is -2.33. The van der Waals surface area contributed by atoms with Gasteiger partial charge in [-0.1, -0.05) is 24.3 Å². The molecule has 0 aromatic heterocycles. The third kappa shape index (κ3) is 3.27. The van der Waals surface area contributed by atoms with E-state index in [4.69, 9.17) is 0 Å². The highest BCUT2D eigenvalue weighted by atomic mass is 19.1. The molecule has 0 bridgehead atoms. The van der Waals surface area contributed by atoms with Gasteiger partial charge in [-0.15, -0.1) is 0 Å². The molecular weight excluding hydrogens is 319 g/mol. The van der Waals surface area contributed by atoms with Crippen molar-refractivity contribution < 1.29 is 14.0 Å². The Morgan fingerprint density at radius 1 is 1.16 bits per heavy atom. The maximum absolute atomic E-state index is 13.2. The predicted octanol–water partition coefficient (Wildman–Crippen LogP) is 2.94. The summed E-state index contributed by atoms with van der Waals surface area (Å²) in [5, 5.41) is 2.85. The van der Waals surface area contributed by atoms with E-state index >= 15 is 0 Å². The molecule has 2 amide bonds. The van der Waals surface area contributed by atoms with Crippen molar-refractivity contribution in [3.8, 4) is 0 Å². The summed E-state index contributed by atoms with van der Waals surface area (Å²) in [5.41, 5.74) is 2.88. The van der Waals surface area contributed by atoms with E-state index in [-0.39, 0.29) is 24.1 Å². The summed E-state index contributed by atoms with van der Waals surface area (Å²) in [5.74, 6) is -0.451. The molecule has 1 aliphatic rings. The van der Waals surface area contributed by atoms with Crippen LogP contribution in [0.5, 0.6) is 0 Å². The van der Waals surface area contributed by atoms with Crippen LogP contribution < -0.4 is 10.2 Å². The minimum atomic E-state index is -0.564. The quantitative estimate of drug-likeness (QED) is 0.930. The van der Waals surface area contributed by atoms with Crippen molar-refractivity contribution in [2.24, 2.45) is 0 Å². The zero-order valence-corrected chi connectivity index (χ0v) is 14.6. The summed E-state index contributed by atoms with van der Waals surface area (Å²) in [7, 11) is 1.77. The molecule has 4 nitrogen and oxygen atoms in total. The van der Waals surface area contributed by atoms with Crippen LogP contribution in [0, 0.1) is 5.82 Å². The lowest BCUT2D eigenvalue weighted by Gasteiger charge is -2.16. The Morgan fingerprint density at radius 2 is 1.92 bits per heavy atom. The number of fused-ring (bicyclic) bond motifs is 1. The number of rotatable bonds is 4. The third-order valence-electron chi connectivity index (χ3n) is 4.68. The molecule has 0 saturated carbocycles. The van der Waals surface area contributed by atoms with E-state index in [0.29, 0.717) is 12.1 Å². The molecule has 0 fully saturated rings. The van der Waals surface area contributed by atoms with Gasteiger partial charge in [0.1, 0.15) is 5.82 Å². The molecule has 0 spiro atoms. The topological polar surface area (TPSA) is 49.4 Å². The van der Waals surface area contributed by atoms with Crippen LogP contribution in [0.15, 0.2) is 42.5 Å². The first kappa shape index (κ1) is 17.1. The number of halogens is 1. The van der Waals surface area contributed by atoms with Gasteiger partial charge in [-0.05, 0) is 48.7 Å². The van der Waals surface area contributed by atoms with E-state index in [1.165, 1.54) is 12.1 Å². The van der Waals surface area contributed by atoms with Crippen LogP contribution in [0.1, 0.15) is 30.5 Å². The van der Waals surface area contributed by atoms with E-state index in [1.54, 1.807) is 24.1 Å². The maximum atomic E-state index is 13.2. The molecular formula is C20H21FN2O2. The number of anilines is 1. The standard InChI is InChI=1S/C20H21FN2O2/c1-20(2)16-10-14(7-8-17(16)23(3)19(20)25)12-22-18(24)11-13-5-4-6-15(21)9-13/h4-10H,11-12H2,1-3H3,(H,22,24). The van der Waals surface area contributed by atoms with Crippen molar-refractivity contribution in [2.75, 3.05) is 11.9 Å². The summed E-state index contributed by atoms with van der Waals surface area (Å²) >= 11 is 0. The smallest absolute Gasteiger partial charge is 0.236 e. The highest BCUT2D eigenvalue weighted by Gasteiger charge is 2.42. The summed E-state index contributed by atoms with van der Waals surface area (Å²) in [6, 6.07) is 11.8. The van der Waals surface area contributed by atoms with Crippen LogP contribution in [-0.2, 0) is 28.0 Å². The Balaban J connectivity index is 1.68. The molecule has 2 aromatic rings. The average Bonchev–Trinajstić information content (AvgIpc) is 2.74. The Labute approximate surface area is 146 Å². The van der Waals surface area contributed by atoms with Gasteiger partial charge < -0.3 is 10.2 Å². The van der Waals surface area contributed by atoms with Crippen LogP contribution in [0.2, 0.25) is 0 Å². The zero-order chi connectivity index (χ0) is 18.2. The van der Waals surface area contributed by atoms with Crippen molar-refractivity contribution in [1.29, 1.82) is 0 Å². The average molecular weight is 340 g/mol. The highest BCUT2D eigenvalue weighted by molar-refractivity contribution is 6.07. The van der Waals surface area contributed by atoms with Gasteiger partial charge in [-0.3, -0.25) is 9.59 Å². The third-order valence-corrected chi connectivity index (χ3v) is 4.68. The number of benzene rings is 2. The van der Waals surface area contributed by atoms with E-state index in [0.717, 1.165) is 16.8 Å². The molecule has 2 aromatic carbocycles. The number of carbonyl (C=O) groups is 2. The minimum absolute atomic E-state index is 0.0646. The fourth-order valence-corrected chi connectivity index (χ4v) is 3.23. The Bertz CT molecular complexity index is 845. The summed E-state index contributed by atoms with van der Waals surface area (Å²) in [4.78, 5) is 26.1. The van der Waals surface area contributed by atoms with Gasteiger partial charge in [0, 0.05) is 19.3 Å². The van der Waals surface area contributed by atoms with Crippen LogP contribution in [-0.4, -0.2) is 18.9 Å². The van der Waals surface area contributed by atoms with Crippen LogP contribution in [0.3, 0.4) is 0 Å². The van der Waals surface area contributed by atoms with Gasteiger partial charge in [0.2, 0.25) is 11.8 Å². The van der Waals surface area contributed by atoms with Crippen molar-refractivity contribution in [3.63, 3.8) is 0 Å². The lowest BCUT2D eigenvalue weighted by atomic mass is 9.85. The first-order chi connectivity index (χ1) is 11.8. The molecule has 0 unspecified atom stereocenters. The van der Waals surface area contributed by atoms with Crippen molar-refractivity contribution in [1.82, 2.24) is 5.32 Å². The fraction of sp³-hybridized carbons (Fsp3) is 0.300. The summed E-state index contributed by atoms with van der Waals surface area (Å²) in [6.45, 7) is 4.18. The zero-order valence-electron chi connectivity index (χ0n) is 14.6. The number of amides is 2. The Kier molecular flexibility index (Phi) is 4.33. The van der Waals surface area contributed by atoms with Crippen LogP contribution >= 0.6 is 0 Å². The van der Waals surface area contributed by atoms with Crippen molar-refractivity contribution >= 4 is 17.5 Å². The number of carbonyl (C=O) groups excluding carboxylic acids is 2. The van der Waals surface area contributed by atoms with E-state index in [9.17, 15) is 14.0 Å². The Hall–Kier alpha value is -2.69. The summed E-state index contributed by atoms with van der Waals surface area (Å²) in [6.07, 6.45) is 0.134. The number of nitrogens with zero attached hydrogens (tertiary/aromatic N) is 1. The van der Waals surface area contributed by atoms with Gasteiger partial charge in [0.25, 0.3) is 0 Å². The van der Waals surface area contributed by atoms with Crippen molar-refractivity contribution in [2.45, 2.75) is 32.2 Å². The molecule has 0 radical (unpaired) electrons. The van der Waals surface area contributed by atoms with Gasteiger partial charge in [0.15, 0.2) is 0 Å². The fourth-order valence-electron chi connectivity index (χ4n) is 3.23. The maximum Gasteiger partial charge on any atom is 0.236 e. The van der Waals surface area contributed by atoms with E-state index in [2.05, 4.69) is 5.32 Å². The molecule has 3 rings (SSSR count). The minimum Gasteiger partial charge on any atom is -0.352 e. The van der Waals surface area contributed by atoms with E-state index < -0.39 is 5.41 Å². The largest absolute Gasteiger partial charge is 0.352 e. The normalized spacial score (nSPS) is 15.2. The molecule has 0 atom stereocenters. The first-order valence-corrected chi connectivity index (χ1v) is 8.22. The molecule has 1 aliphatic heterocycles. The molecule has 1 heterocycles. The number of hydrogen-bond acceptors (Lipinski definition) is 2. The number of hydrogen-bond donors (Lipinski definition) is 1. The number of nitrogens with one attached hydrogen (secondary N) is 1. The molecule has 5 heteroatoms. The first-order valence-electron chi connectivity index (χ1n) is 8.22. The van der Waals surface area contributed by atoms with Gasteiger partial charge >= 0.3 is 0 Å². The van der Waals surface area contributed by atoms with E-state index in [1.807, 2.05) is 32.0 Å². The second-order valence-corrected chi connectivity index (χ2v) is 6.92. The molecule has 25 heavy (non-hydrogen) atoms. The second-order valence-electron chi connectivity index (χ2n) is 6.92. The Morgan fingerprint density at radius 3 is 2.64 bits per heavy atom. The van der Waals surface area contributed by atoms with Crippen molar-refractivity contribution in [3.05, 3.63) is 65.0 Å². The predicted molar refractivity (Wildman–Crippen MR) is 94.8 cm³/mol.